The van der Waals surface area contributed by atoms with E-state index in [4.69, 9.17) is 23.2 Å². The number of hydrogen-bond donors (Lipinski definition) is 0. The van der Waals surface area contributed by atoms with Gasteiger partial charge in [-0.15, -0.1) is 0 Å². The summed E-state index contributed by atoms with van der Waals surface area (Å²) in [6.07, 6.45) is 1.52. The first-order valence-corrected chi connectivity index (χ1v) is 8.75. The van der Waals surface area contributed by atoms with E-state index in [0.29, 0.717) is 17.9 Å². The Morgan fingerprint density at radius 3 is 2.41 bits per heavy atom. The molecule has 0 amide bonds. The summed E-state index contributed by atoms with van der Waals surface area (Å²) < 4.78 is 29.5. The maximum absolute atomic E-state index is 12.7. The van der Waals surface area contributed by atoms with Gasteiger partial charge < -0.3 is 0 Å². The molecule has 0 atom stereocenters. The third kappa shape index (κ3) is 3.01. The lowest BCUT2D eigenvalue weighted by molar-refractivity contribution is 0.459. The van der Waals surface area contributed by atoms with E-state index >= 15 is 0 Å². The number of aromatic nitrogens is 4. The van der Waals surface area contributed by atoms with Crippen molar-refractivity contribution in [2.45, 2.75) is 31.8 Å². The smallest absolute Gasteiger partial charge is 0.246 e. The van der Waals surface area contributed by atoms with E-state index in [9.17, 15) is 8.42 Å². The van der Waals surface area contributed by atoms with Crippen molar-refractivity contribution in [2.75, 3.05) is 7.05 Å². The van der Waals surface area contributed by atoms with E-state index in [1.54, 1.807) is 18.7 Å². The number of rotatable bonds is 5. The summed E-state index contributed by atoms with van der Waals surface area (Å²) in [5.74, 6) is 0. The van der Waals surface area contributed by atoms with Crippen molar-refractivity contribution in [3.63, 3.8) is 0 Å². The summed E-state index contributed by atoms with van der Waals surface area (Å²) in [4.78, 5) is 0.176. The van der Waals surface area contributed by atoms with Gasteiger partial charge in [0.2, 0.25) is 10.0 Å². The second-order valence-electron chi connectivity index (χ2n) is 4.87. The Morgan fingerprint density at radius 2 is 1.95 bits per heavy atom. The molecule has 2 heterocycles. The first-order valence-electron chi connectivity index (χ1n) is 6.55. The maximum Gasteiger partial charge on any atom is 0.246 e. The molecule has 0 aromatic carbocycles. The molecule has 0 fully saturated rings. The molecule has 0 bridgehead atoms. The zero-order valence-corrected chi connectivity index (χ0v) is 15.0. The second-order valence-corrected chi connectivity index (χ2v) is 7.62. The quantitative estimate of drug-likeness (QED) is 0.812. The monoisotopic (exact) mass is 365 g/mol. The Kier molecular flexibility index (Phi) is 4.86. The lowest BCUT2D eigenvalue weighted by atomic mass is 10.4. The van der Waals surface area contributed by atoms with Crippen LogP contribution in [0.2, 0.25) is 10.2 Å². The summed E-state index contributed by atoms with van der Waals surface area (Å²) >= 11 is 12.0. The second kappa shape index (κ2) is 6.19. The molecule has 2 aromatic heterocycles. The molecule has 2 rings (SSSR count). The third-order valence-electron chi connectivity index (χ3n) is 3.28. The normalized spacial score (nSPS) is 12.3. The van der Waals surface area contributed by atoms with E-state index in [1.165, 1.54) is 22.2 Å². The van der Waals surface area contributed by atoms with Crippen molar-refractivity contribution >= 4 is 33.2 Å². The van der Waals surface area contributed by atoms with E-state index < -0.39 is 10.0 Å². The van der Waals surface area contributed by atoms with Crippen LogP contribution < -0.4 is 0 Å². The van der Waals surface area contributed by atoms with Gasteiger partial charge in [-0.25, -0.2) is 8.42 Å². The molecule has 7 nitrogen and oxygen atoms in total. The molecular weight excluding hydrogens is 349 g/mol. The molecule has 2 aromatic rings. The number of hydrogen-bond acceptors (Lipinski definition) is 4. The maximum atomic E-state index is 12.7. The average Bonchev–Trinajstić information content (AvgIpc) is 2.95. The van der Waals surface area contributed by atoms with Crippen LogP contribution in [0, 0.1) is 6.92 Å². The minimum atomic E-state index is -3.68. The fraction of sp³-hybridized carbons (Fsp3) is 0.500. The van der Waals surface area contributed by atoms with Crippen LogP contribution in [0.25, 0.3) is 0 Å². The molecule has 0 spiro atoms. The Morgan fingerprint density at radius 1 is 1.32 bits per heavy atom. The zero-order chi connectivity index (χ0) is 16.7. The minimum Gasteiger partial charge on any atom is -0.271 e. The van der Waals surface area contributed by atoms with E-state index in [1.807, 2.05) is 6.92 Å². The van der Waals surface area contributed by atoms with Crippen molar-refractivity contribution < 1.29 is 8.42 Å². The van der Waals surface area contributed by atoms with E-state index in [0.717, 1.165) is 0 Å². The highest BCUT2D eigenvalue weighted by Crippen LogP contribution is 2.27. The van der Waals surface area contributed by atoms with Gasteiger partial charge in [-0.3, -0.25) is 9.36 Å². The lowest BCUT2D eigenvalue weighted by Crippen LogP contribution is -2.27. The van der Waals surface area contributed by atoms with Crippen LogP contribution in [-0.2, 0) is 30.2 Å². The Labute approximate surface area is 139 Å². The van der Waals surface area contributed by atoms with Gasteiger partial charge in [0.15, 0.2) is 0 Å². The summed E-state index contributed by atoms with van der Waals surface area (Å²) in [6, 6.07) is 0. The molecule has 0 aliphatic heterocycles. The first kappa shape index (κ1) is 17.3. The predicted molar refractivity (Wildman–Crippen MR) is 84.5 cm³/mol. The summed E-state index contributed by atoms with van der Waals surface area (Å²) in [5.41, 5.74) is 0.861. The van der Waals surface area contributed by atoms with Gasteiger partial charge >= 0.3 is 0 Å². The highest BCUT2D eigenvalue weighted by Gasteiger charge is 2.27. The van der Waals surface area contributed by atoms with Crippen LogP contribution in [0.15, 0.2) is 11.1 Å². The molecule has 0 radical (unpaired) electrons. The first-order chi connectivity index (χ1) is 10.2. The topological polar surface area (TPSA) is 73.0 Å². The van der Waals surface area contributed by atoms with Crippen molar-refractivity contribution in [1.82, 2.24) is 23.9 Å². The van der Waals surface area contributed by atoms with Crippen molar-refractivity contribution in [3.8, 4) is 0 Å². The van der Waals surface area contributed by atoms with Crippen LogP contribution >= 0.6 is 23.2 Å². The fourth-order valence-corrected chi connectivity index (χ4v) is 3.67. The van der Waals surface area contributed by atoms with Crippen LogP contribution in [0.3, 0.4) is 0 Å². The highest BCUT2D eigenvalue weighted by atomic mass is 35.5. The van der Waals surface area contributed by atoms with Gasteiger partial charge in [-0.05, 0) is 13.8 Å². The Hall–Kier alpha value is -1.09. The molecule has 0 aliphatic carbocycles. The van der Waals surface area contributed by atoms with Gasteiger partial charge in [0, 0.05) is 26.8 Å². The largest absolute Gasteiger partial charge is 0.271 e. The standard InChI is InChI=1S/C12H17Cl2N5O2S/c1-5-19-7-10(8(2)15-19)22(20,21)17(3)6-9-11(13)12(14)18(4)16-9/h7H,5-6H2,1-4H3. The predicted octanol–water partition coefficient (Wildman–Crippen LogP) is 2.07. The lowest BCUT2D eigenvalue weighted by Gasteiger charge is -2.15. The Bertz CT molecular complexity index is 797. The van der Waals surface area contributed by atoms with Gasteiger partial charge in [0.25, 0.3) is 0 Å². The van der Waals surface area contributed by atoms with Gasteiger partial charge in [0.1, 0.15) is 15.1 Å². The van der Waals surface area contributed by atoms with E-state index in [-0.39, 0.29) is 21.6 Å². The molecule has 0 N–H and O–H groups in total. The van der Waals surface area contributed by atoms with Gasteiger partial charge in [0.05, 0.1) is 17.9 Å². The zero-order valence-electron chi connectivity index (χ0n) is 12.7. The van der Waals surface area contributed by atoms with Crippen LogP contribution in [0.4, 0.5) is 0 Å². The van der Waals surface area contributed by atoms with Gasteiger partial charge in [-0.1, -0.05) is 23.2 Å². The summed E-state index contributed by atoms with van der Waals surface area (Å²) in [7, 11) is -0.569. The molecule has 0 saturated carbocycles. The summed E-state index contributed by atoms with van der Waals surface area (Å²) in [5, 5.41) is 8.82. The van der Waals surface area contributed by atoms with Crippen molar-refractivity contribution in [3.05, 3.63) is 27.8 Å². The summed E-state index contributed by atoms with van der Waals surface area (Å²) in [6.45, 7) is 4.18. The van der Waals surface area contributed by atoms with Crippen molar-refractivity contribution in [2.24, 2.45) is 7.05 Å². The van der Waals surface area contributed by atoms with E-state index in [2.05, 4.69) is 10.2 Å². The number of halogens is 2. The van der Waals surface area contributed by atoms with Crippen LogP contribution in [-0.4, -0.2) is 39.3 Å². The third-order valence-corrected chi connectivity index (χ3v) is 6.11. The Balaban J connectivity index is 2.32. The molecule has 10 heteroatoms. The number of nitrogens with zero attached hydrogens (tertiary/aromatic N) is 5. The molecular formula is C12H17Cl2N5O2S. The molecule has 0 saturated heterocycles. The average molecular weight is 366 g/mol. The number of sulfonamides is 1. The van der Waals surface area contributed by atoms with Crippen LogP contribution in [0.1, 0.15) is 18.3 Å². The molecule has 0 aliphatic rings. The molecule has 0 unspecified atom stereocenters. The van der Waals surface area contributed by atoms with Crippen molar-refractivity contribution in [1.29, 1.82) is 0 Å². The molecule has 122 valence electrons. The number of aryl methyl sites for hydroxylation is 3. The SMILES string of the molecule is CCn1cc(S(=O)(=O)N(C)Cc2nn(C)c(Cl)c2Cl)c(C)n1. The van der Waals surface area contributed by atoms with Gasteiger partial charge in [-0.2, -0.15) is 14.5 Å². The minimum absolute atomic E-state index is 0.0263. The van der Waals surface area contributed by atoms with Crippen LogP contribution in [0.5, 0.6) is 0 Å². The molecule has 22 heavy (non-hydrogen) atoms. The highest BCUT2D eigenvalue weighted by molar-refractivity contribution is 7.89. The fourth-order valence-electron chi connectivity index (χ4n) is 2.01.